The lowest BCUT2D eigenvalue weighted by Crippen LogP contribution is -2.56. The summed E-state index contributed by atoms with van der Waals surface area (Å²) >= 11 is 0. The fourth-order valence-corrected chi connectivity index (χ4v) is 1.74. The highest BCUT2D eigenvalue weighted by molar-refractivity contribution is 5.98. The van der Waals surface area contributed by atoms with Crippen LogP contribution < -0.4 is 15.8 Å². The molecular formula is C12H16N2O2. The summed E-state index contributed by atoms with van der Waals surface area (Å²) < 4.78 is 5.08. The number of hydrogen-bond donors (Lipinski definition) is 2. The van der Waals surface area contributed by atoms with E-state index in [0.717, 1.165) is 30.7 Å². The van der Waals surface area contributed by atoms with Crippen molar-refractivity contribution in [2.75, 3.05) is 12.4 Å². The third-order valence-corrected chi connectivity index (χ3v) is 3.03. The molecule has 0 saturated heterocycles. The molecule has 0 spiro atoms. The van der Waals surface area contributed by atoms with Crippen LogP contribution in [0.5, 0.6) is 5.75 Å². The molecule has 1 aromatic carbocycles. The van der Waals surface area contributed by atoms with Crippen molar-refractivity contribution in [3.8, 4) is 5.75 Å². The van der Waals surface area contributed by atoms with E-state index in [2.05, 4.69) is 5.32 Å². The summed E-state index contributed by atoms with van der Waals surface area (Å²) in [4.78, 5) is 11.8. The second-order valence-corrected chi connectivity index (χ2v) is 4.20. The Morgan fingerprint density at radius 3 is 2.81 bits per heavy atom. The van der Waals surface area contributed by atoms with Gasteiger partial charge in [-0.05, 0) is 31.4 Å². The van der Waals surface area contributed by atoms with E-state index in [0.29, 0.717) is 0 Å². The minimum Gasteiger partial charge on any atom is -0.497 e. The van der Waals surface area contributed by atoms with Crippen molar-refractivity contribution in [3.63, 3.8) is 0 Å². The van der Waals surface area contributed by atoms with Gasteiger partial charge in [-0.1, -0.05) is 6.07 Å². The third-order valence-electron chi connectivity index (χ3n) is 3.03. The molecule has 2 rings (SSSR count). The van der Waals surface area contributed by atoms with Gasteiger partial charge in [-0.2, -0.15) is 0 Å². The lowest BCUT2D eigenvalue weighted by Gasteiger charge is -2.36. The molecule has 0 radical (unpaired) electrons. The van der Waals surface area contributed by atoms with Crippen LogP contribution in [0.4, 0.5) is 5.69 Å². The van der Waals surface area contributed by atoms with Gasteiger partial charge in [0.05, 0.1) is 12.6 Å². The molecule has 0 bridgehead atoms. The molecule has 0 atom stereocenters. The van der Waals surface area contributed by atoms with E-state index in [9.17, 15) is 4.79 Å². The Morgan fingerprint density at radius 1 is 1.50 bits per heavy atom. The SMILES string of the molecule is COc1cccc(NC(=O)C2(N)CCC2)c1. The number of carbonyl (C=O) groups excluding carboxylic acids is 1. The smallest absolute Gasteiger partial charge is 0.244 e. The summed E-state index contributed by atoms with van der Waals surface area (Å²) in [7, 11) is 1.59. The van der Waals surface area contributed by atoms with Crippen LogP contribution in [-0.4, -0.2) is 18.6 Å². The van der Waals surface area contributed by atoms with Crippen LogP contribution in [0.3, 0.4) is 0 Å². The van der Waals surface area contributed by atoms with Gasteiger partial charge >= 0.3 is 0 Å². The zero-order chi connectivity index (χ0) is 11.6. The van der Waals surface area contributed by atoms with Gasteiger partial charge in [0.1, 0.15) is 5.75 Å². The third kappa shape index (κ3) is 2.02. The molecule has 1 aromatic rings. The molecule has 4 nitrogen and oxygen atoms in total. The zero-order valence-corrected chi connectivity index (χ0v) is 9.32. The molecule has 3 N–H and O–H groups in total. The van der Waals surface area contributed by atoms with Crippen LogP contribution in [0.1, 0.15) is 19.3 Å². The van der Waals surface area contributed by atoms with E-state index in [1.807, 2.05) is 18.2 Å². The first kappa shape index (κ1) is 11.0. The van der Waals surface area contributed by atoms with Gasteiger partial charge in [0.25, 0.3) is 0 Å². The van der Waals surface area contributed by atoms with Crippen LogP contribution in [0.25, 0.3) is 0 Å². The number of hydrogen-bond acceptors (Lipinski definition) is 3. The van der Waals surface area contributed by atoms with Crippen molar-refractivity contribution in [1.82, 2.24) is 0 Å². The predicted octanol–water partition coefficient (Wildman–Crippen LogP) is 1.52. The van der Waals surface area contributed by atoms with Crippen LogP contribution in [0, 0.1) is 0 Å². The zero-order valence-electron chi connectivity index (χ0n) is 9.32. The molecule has 4 heteroatoms. The normalized spacial score (nSPS) is 17.4. The number of methoxy groups -OCH3 is 1. The van der Waals surface area contributed by atoms with E-state index in [-0.39, 0.29) is 5.91 Å². The summed E-state index contributed by atoms with van der Waals surface area (Å²) in [6.45, 7) is 0. The largest absolute Gasteiger partial charge is 0.497 e. The molecule has 16 heavy (non-hydrogen) atoms. The van der Waals surface area contributed by atoms with Crippen LogP contribution >= 0.6 is 0 Å². The van der Waals surface area contributed by atoms with Gasteiger partial charge in [0.15, 0.2) is 0 Å². The Bertz CT molecular complexity index is 400. The molecule has 1 fully saturated rings. The molecule has 1 amide bonds. The van der Waals surface area contributed by atoms with Crippen molar-refractivity contribution in [1.29, 1.82) is 0 Å². The van der Waals surface area contributed by atoms with Crippen molar-refractivity contribution in [2.24, 2.45) is 5.73 Å². The van der Waals surface area contributed by atoms with E-state index in [1.54, 1.807) is 13.2 Å². The second kappa shape index (κ2) is 4.14. The lowest BCUT2D eigenvalue weighted by atomic mass is 9.77. The highest BCUT2D eigenvalue weighted by Crippen LogP contribution is 2.30. The van der Waals surface area contributed by atoms with Gasteiger partial charge in [-0.3, -0.25) is 4.79 Å². The Morgan fingerprint density at radius 2 is 2.25 bits per heavy atom. The molecule has 86 valence electrons. The van der Waals surface area contributed by atoms with Crippen molar-refractivity contribution < 1.29 is 9.53 Å². The average molecular weight is 220 g/mol. The topological polar surface area (TPSA) is 64.3 Å². The summed E-state index contributed by atoms with van der Waals surface area (Å²) in [6.07, 6.45) is 2.56. The monoisotopic (exact) mass is 220 g/mol. The molecule has 1 saturated carbocycles. The molecule has 0 aromatic heterocycles. The Balaban J connectivity index is 2.05. The minimum absolute atomic E-state index is 0.105. The van der Waals surface area contributed by atoms with Gasteiger partial charge < -0.3 is 15.8 Å². The van der Waals surface area contributed by atoms with E-state index < -0.39 is 5.54 Å². The Kier molecular flexibility index (Phi) is 2.83. The maximum atomic E-state index is 11.8. The van der Waals surface area contributed by atoms with Gasteiger partial charge in [0.2, 0.25) is 5.91 Å². The number of rotatable bonds is 3. The highest BCUT2D eigenvalue weighted by Gasteiger charge is 2.40. The van der Waals surface area contributed by atoms with E-state index >= 15 is 0 Å². The molecule has 1 aliphatic rings. The number of nitrogens with one attached hydrogen (secondary N) is 1. The van der Waals surface area contributed by atoms with Crippen molar-refractivity contribution >= 4 is 11.6 Å². The maximum absolute atomic E-state index is 11.8. The average Bonchev–Trinajstić information content (AvgIpc) is 2.26. The first-order valence-electron chi connectivity index (χ1n) is 5.38. The van der Waals surface area contributed by atoms with Crippen LogP contribution in [-0.2, 0) is 4.79 Å². The lowest BCUT2D eigenvalue weighted by molar-refractivity contribution is -0.123. The van der Waals surface area contributed by atoms with Crippen molar-refractivity contribution in [2.45, 2.75) is 24.8 Å². The van der Waals surface area contributed by atoms with Crippen LogP contribution in [0.15, 0.2) is 24.3 Å². The molecule has 0 unspecified atom stereocenters. The fourth-order valence-electron chi connectivity index (χ4n) is 1.74. The first-order chi connectivity index (χ1) is 7.64. The number of nitrogens with two attached hydrogens (primary N) is 1. The van der Waals surface area contributed by atoms with Gasteiger partial charge in [-0.25, -0.2) is 0 Å². The van der Waals surface area contributed by atoms with Gasteiger partial charge in [-0.15, -0.1) is 0 Å². The number of anilines is 1. The van der Waals surface area contributed by atoms with Crippen molar-refractivity contribution in [3.05, 3.63) is 24.3 Å². The summed E-state index contributed by atoms with van der Waals surface area (Å²) in [6, 6.07) is 7.26. The second-order valence-electron chi connectivity index (χ2n) is 4.20. The maximum Gasteiger partial charge on any atom is 0.244 e. The van der Waals surface area contributed by atoms with Gasteiger partial charge in [0, 0.05) is 11.8 Å². The number of benzene rings is 1. The number of amides is 1. The summed E-state index contributed by atoms with van der Waals surface area (Å²) in [5.41, 5.74) is 5.98. The van der Waals surface area contributed by atoms with Crippen LogP contribution in [0.2, 0.25) is 0 Å². The number of carbonyl (C=O) groups is 1. The predicted molar refractivity (Wildman–Crippen MR) is 62.4 cm³/mol. The highest BCUT2D eigenvalue weighted by atomic mass is 16.5. The first-order valence-corrected chi connectivity index (χ1v) is 5.38. The summed E-state index contributed by atoms with van der Waals surface area (Å²) in [5.74, 6) is 0.615. The molecule has 1 aliphatic carbocycles. The minimum atomic E-state index is -0.664. The fraction of sp³-hybridized carbons (Fsp3) is 0.417. The Labute approximate surface area is 94.8 Å². The Hall–Kier alpha value is -1.55. The summed E-state index contributed by atoms with van der Waals surface area (Å²) in [5, 5.41) is 2.82. The number of ether oxygens (including phenoxy) is 1. The van der Waals surface area contributed by atoms with E-state index in [4.69, 9.17) is 10.5 Å². The molecule has 0 heterocycles. The van der Waals surface area contributed by atoms with E-state index in [1.165, 1.54) is 0 Å². The quantitative estimate of drug-likeness (QED) is 0.811. The molecule has 0 aliphatic heterocycles. The molecular weight excluding hydrogens is 204 g/mol. The standard InChI is InChI=1S/C12H16N2O2/c1-16-10-5-2-4-9(8-10)14-11(15)12(13)6-3-7-12/h2,4-5,8H,3,6-7,13H2,1H3,(H,14,15).